The van der Waals surface area contributed by atoms with Crippen molar-refractivity contribution >= 4 is 11.7 Å². The minimum atomic E-state index is -0.144. The van der Waals surface area contributed by atoms with E-state index in [0.29, 0.717) is 5.69 Å². The molecule has 1 N–H and O–H groups in total. The molecule has 0 bridgehead atoms. The fourth-order valence-electron chi connectivity index (χ4n) is 3.08. The van der Waals surface area contributed by atoms with Crippen molar-refractivity contribution in [3.8, 4) is 0 Å². The van der Waals surface area contributed by atoms with E-state index in [1.165, 1.54) is 19.3 Å². The van der Waals surface area contributed by atoms with Crippen molar-refractivity contribution in [3.05, 3.63) is 17.8 Å². The molecule has 2 heterocycles. The molecule has 1 saturated heterocycles. The first-order valence-electron chi connectivity index (χ1n) is 8.89. The van der Waals surface area contributed by atoms with E-state index in [2.05, 4.69) is 34.3 Å². The number of anilines is 1. The molecule has 1 aliphatic heterocycles. The van der Waals surface area contributed by atoms with Gasteiger partial charge in [-0.05, 0) is 56.6 Å². The third-order valence-electron chi connectivity index (χ3n) is 4.62. The molecular formula is C18H30N4O. The highest BCUT2D eigenvalue weighted by Crippen LogP contribution is 2.26. The van der Waals surface area contributed by atoms with E-state index in [0.717, 1.165) is 37.2 Å². The summed E-state index contributed by atoms with van der Waals surface area (Å²) in [5, 5.41) is 11.3. The van der Waals surface area contributed by atoms with Gasteiger partial charge in [0.1, 0.15) is 0 Å². The first-order valence-corrected chi connectivity index (χ1v) is 8.89. The van der Waals surface area contributed by atoms with Crippen LogP contribution in [0.15, 0.2) is 12.1 Å². The zero-order valence-corrected chi connectivity index (χ0v) is 14.9. The Morgan fingerprint density at radius 2 is 1.96 bits per heavy atom. The van der Waals surface area contributed by atoms with Gasteiger partial charge in [-0.2, -0.15) is 0 Å². The van der Waals surface area contributed by atoms with E-state index in [1.54, 1.807) is 6.07 Å². The predicted octanol–water partition coefficient (Wildman–Crippen LogP) is 3.27. The fourth-order valence-corrected chi connectivity index (χ4v) is 3.08. The highest BCUT2D eigenvalue weighted by molar-refractivity contribution is 5.92. The van der Waals surface area contributed by atoms with E-state index in [-0.39, 0.29) is 11.9 Å². The molecule has 0 aromatic carbocycles. The number of carbonyl (C=O) groups excluding carboxylic acids is 1. The van der Waals surface area contributed by atoms with Gasteiger partial charge in [-0.15, -0.1) is 10.2 Å². The summed E-state index contributed by atoms with van der Waals surface area (Å²) < 4.78 is 0. The average Bonchev–Trinajstić information content (AvgIpc) is 2.55. The Balaban J connectivity index is 1.89. The molecule has 23 heavy (non-hydrogen) atoms. The number of piperidine rings is 1. The Kier molecular flexibility index (Phi) is 6.37. The van der Waals surface area contributed by atoms with Crippen LogP contribution in [0.25, 0.3) is 0 Å². The molecule has 0 aliphatic carbocycles. The smallest absolute Gasteiger partial charge is 0.272 e. The number of nitrogens with one attached hydrogen (secondary N) is 1. The average molecular weight is 318 g/mol. The van der Waals surface area contributed by atoms with Crippen LogP contribution in [0.2, 0.25) is 0 Å². The van der Waals surface area contributed by atoms with Gasteiger partial charge < -0.3 is 10.2 Å². The standard InChI is InChI=1S/C18H30N4O/c1-5-14(4)19-18(23)16-6-7-17(21-20-16)22-10-8-15(9-11-22)12-13(2)3/h6-7,13-15H,5,8-12H2,1-4H3,(H,19,23). The summed E-state index contributed by atoms with van der Waals surface area (Å²) in [5.41, 5.74) is 0.392. The van der Waals surface area contributed by atoms with E-state index in [4.69, 9.17) is 0 Å². The summed E-state index contributed by atoms with van der Waals surface area (Å²) in [4.78, 5) is 14.3. The minimum Gasteiger partial charge on any atom is -0.355 e. The Labute approximate surface area is 139 Å². The van der Waals surface area contributed by atoms with E-state index in [9.17, 15) is 4.79 Å². The second-order valence-corrected chi connectivity index (χ2v) is 7.12. The van der Waals surface area contributed by atoms with Crippen molar-refractivity contribution < 1.29 is 4.79 Å². The number of amides is 1. The summed E-state index contributed by atoms with van der Waals surface area (Å²) in [7, 11) is 0. The largest absolute Gasteiger partial charge is 0.355 e. The molecule has 5 heteroatoms. The van der Waals surface area contributed by atoms with Crippen LogP contribution in [0.3, 0.4) is 0 Å². The summed E-state index contributed by atoms with van der Waals surface area (Å²) in [6.45, 7) is 10.7. The molecule has 2 rings (SSSR count). The van der Waals surface area contributed by atoms with Gasteiger partial charge >= 0.3 is 0 Å². The van der Waals surface area contributed by atoms with Gasteiger partial charge in [0.15, 0.2) is 11.5 Å². The van der Waals surface area contributed by atoms with Crippen molar-refractivity contribution in [1.82, 2.24) is 15.5 Å². The third-order valence-corrected chi connectivity index (χ3v) is 4.62. The quantitative estimate of drug-likeness (QED) is 0.874. The maximum atomic E-state index is 12.0. The molecule has 1 atom stereocenters. The van der Waals surface area contributed by atoms with Crippen molar-refractivity contribution in [3.63, 3.8) is 0 Å². The second-order valence-electron chi connectivity index (χ2n) is 7.12. The molecule has 1 fully saturated rings. The van der Waals surface area contributed by atoms with Crippen LogP contribution in [-0.2, 0) is 0 Å². The number of hydrogen-bond donors (Lipinski definition) is 1. The van der Waals surface area contributed by atoms with Gasteiger partial charge in [-0.1, -0.05) is 20.8 Å². The van der Waals surface area contributed by atoms with E-state index < -0.39 is 0 Å². The Hall–Kier alpha value is -1.65. The Bertz CT molecular complexity index is 492. The molecule has 1 aromatic heterocycles. The predicted molar refractivity (Wildman–Crippen MR) is 93.6 cm³/mol. The van der Waals surface area contributed by atoms with Crippen molar-refractivity contribution in [1.29, 1.82) is 0 Å². The molecule has 1 amide bonds. The molecule has 128 valence electrons. The molecule has 1 unspecified atom stereocenters. The molecule has 1 aliphatic rings. The lowest BCUT2D eigenvalue weighted by Crippen LogP contribution is -2.35. The molecule has 0 saturated carbocycles. The van der Waals surface area contributed by atoms with Crippen LogP contribution in [0.5, 0.6) is 0 Å². The SMILES string of the molecule is CCC(C)NC(=O)c1ccc(N2CCC(CC(C)C)CC2)nn1. The topological polar surface area (TPSA) is 58.1 Å². The highest BCUT2D eigenvalue weighted by atomic mass is 16.2. The summed E-state index contributed by atoms with van der Waals surface area (Å²) >= 11 is 0. The third kappa shape index (κ3) is 5.19. The lowest BCUT2D eigenvalue weighted by molar-refractivity contribution is 0.0933. The van der Waals surface area contributed by atoms with E-state index >= 15 is 0 Å². The monoisotopic (exact) mass is 318 g/mol. The molecule has 1 aromatic rings. The lowest BCUT2D eigenvalue weighted by atomic mass is 9.89. The van der Waals surface area contributed by atoms with Gasteiger partial charge in [0.2, 0.25) is 0 Å². The van der Waals surface area contributed by atoms with E-state index in [1.807, 2.05) is 19.9 Å². The maximum Gasteiger partial charge on any atom is 0.272 e. The van der Waals surface area contributed by atoms with Crippen LogP contribution in [0.4, 0.5) is 5.82 Å². The van der Waals surface area contributed by atoms with Gasteiger partial charge in [0.05, 0.1) is 0 Å². The van der Waals surface area contributed by atoms with Crippen molar-refractivity contribution in [2.45, 2.75) is 59.4 Å². The summed E-state index contributed by atoms with van der Waals surface area (Å²) in [5.74, 6) is 2.34. The normalized spacial score (nSPS) is 17.3. The van der Waals surface area contributed by atoms with Gasteiger partial charge in [-0.3, -0.25) is 4.79 Å². The first-order chi connectivity index (χ1) is 11.0. The fraction of sp³-hybridized carbons (Fsp3) is 0.722. The minimum absolute atomic E-state index is 0.144. The number of aromatic nitrogens is 2. The lowest BCUT2D eigenvalue weighted by Gasteiger charge is -2.33. The van der Waals surface area contributed by atoms with Crippen LogP contribution >= 0.6 is 0 Å². The number of nitrogens with zero attached hydrogens (tertiary/aromatic N) is 3. The number of carbonyl (C=O) groups is 1. The van der Waals surface area contributed by atoms with Crippen LogP contribution < -0.4 is 10.2 Å². The zero-order valence-electron chi connectivity index (χ0n) is 14.9. The van der Waals surface area contributed by atoms with Crippen molar-refractivity contribution in [2.24, 2.45) is 11.8 Å². The molecule has 5 nitrogen and oxygen atoms in total. The number of rotatable bonds is 6. The zero-order chi connectivity index (χ0) is 16.8. The maximum absolute atomic E-state index is 12.0. The first kappa shape index (κ1) is 17.7. The Morgan fingerprint density at radius 1 is 1.26 bits per heavy atom. The summed E-state index contributed by atoms with van der Waals surface area (Å²) in [6.07, 6.45) is 4.66. The van der Waals surface area contributed by atoms with Gasteiger partial charge in [0, 0.05) is 19.1 Å². The Morgan fingerprint density at radius 3 is 2.48 bits per heavy atom. The van der Waals surface area contributed by atoms with Crippen LogP contribution in [-0.4, -0.2) is 35.2 Å². The number of hydrogen-bond acceptors (Lipinski definition) is 4. The van der Waals surface area contributed by atoms with Crippen LogP contribution in [0, 0.1) is 11.8 Å². The summed E-state index contributed by atoms with van der Waals surface area (Å²) in [6, 6.07) is 3.85. The molecule has 0 spiro atoms. The van der Waals surface area contributed by atoms with Gasteiger partial charge in [-0.25, -0.2) is 0 Å². The van der Waals surface area contributed by atoms with Crippen LogP contribution in [0.1, 0.15) is 63.9 Å². The highest BCUT2D eigenvalue weighted by Gasteiger charge is 2.21. The van der Waals surface area contributed by atoms with Gasteiger partial charge in [0.25, 0.3) is 5.91 Å². The molecular weight excluding hydrogens is 288 g/mol. The van der Waals surface area contributed by atoms with Crippen molar-refractivity contribution in [2.75, 3.05) is 18.0 Å². The molecule has 0 radical (unpaired) electrons. The second kappa shape index (κ2) is 8.27.